The molecule has 0 amide bonds. The normalized spacial score (nSPS) is 11.1. The van der Waals surface area contributed by atoms with E-state index in [-0.39, 0.29) is 6.61 Å². The fourth-order valence-corrected chi connectivity index (χ4v) is 1.25. The Kier molecular flexibility index (Phi) is 5.50. The van der Waals surface area contributed by atoms with E-state index >= 15 is 0 Å². The number of halogens is 2. The predicted molar refractivity (Wildman–Crippen MR) is 48.4 cm³/mol. The van der Waals surface area contributed by atoms with Crippen LogP contribution in [0.25, 0.3) is 0 Å². The summed E-state index contributed by atoms with van der Waals surface area (Å²) < 4.78 is 31.6. The molecule has 4 nitrogen and oxygen atoms in total. The van der Waals surface area contributed by atoms with Crippen molar-refractivity contribution in [2.75, 3.05) is 19.8 Å². The predicted octanol–water partition coefficient (Wildman–Crippen LogP) is 0.909. The summed E-state index contributed by atoms with van der Waals surface area (Å²) in [7, 11) is 0. The summed E-state index contributed by atoms with van der Waals surface area (Å²) in [6.45, 7) is 0.903. The van der Waals surface area contributed by atoms with Crippen LogP contribution < -0.4 is 5.32 Å². The summed E-state index contributed by atoms with van der Waals surface area (Å²) >= 11 is 1.28. The van der Waals surface area contributed by atoms with E-state index in [4.69, 9.17) is 0 Å². The van der Waals surface area contributed by atoms with E-state index in [0.29, 0.717) is 13.1 Å². The third-order valence-electron chi connectivity index (χ3n) is 1.38. The van der Waals surface area contributed by atoms with Crippen LogP contribution >= 0.6 is 11.5 Å². The molecule has 0 radical (unpaired) electrons. The molecule has 1 rings (SSSR count). The second kappa shape index (κ2) is 6.74. The van der Waals surface area contributed by atoms with Gasteiger partial charge in [-0.2, -0.15) is 0 Å². The van der Waals surface area contributed by atoms with Gasteiger partial charge in [0.1, 0.15) is 6.61 Å². The van der Waals surface area contributed by atoms with Crippen molar-refractivity contribution in [3.05, 3.63) is 11.1 Å². The molecule has 0 aromatic carbocycles. The summed E-state index contributed by atoms with van der Waals surface area (Å²) in [5.74, 6) is 0. The first-order chi connectivity index (χ1) is 6.79. The van der Waals surface area contributed by atoms with Gasteiger partial charge in [0.05, 0.1) is 12.3 Å². The highest BCUT2D eigenvalue weighted by molar-refractivity contribution is 7.03. The molecule has 14 heavy (non-hydrogen) atoms. The lowest BCUT2D eigenvalue weighted by Gasteiger charge is -2.03. The number of ether oxygens (including phenoxy) is 1. The Balaban J connectivity index is 1.90. The van der Waals surface area contributed by atoms with E-state index in [1.54, 1.807) is 0 Å². The van der Waals surface area contributed by atoms with Crippen molar-refractivity contribution in [3.63, 3.8) is 0 Å². The highest BCUT2D eigenvalue weighted by Gasteiger charge is 2.00. The summed E-state index contributed by atoms with van der Waals surface area (Å²) in [5, 5.41) is 8.63. The Bertz CT molecular complexity index is 233. The number of nitrogens with one attached hydrogen (secondary N) is 1. The van der Waals surface area contributed by atoms with Crippen LogP contribution in [0.5, 0.6) is 0 Å². The third-order valence-corrected chi connectivity index (χ3v) is 1.93. The first-order valence-electron chi connectivity index (χ1n) is 4.11. The van der Waals surface area contributed by atoms with Crippen molar-refractivity contribution in [2.45, 2.75) is 13.0 Å². The summed E-state index contributed by atoms with van der Waals surface area (Å²) in [5.41, 5.74) is 0.851. The van der Waals surface area contributed by atoms with Crippen molar-refractivity contribution in [2.24, 2.45) is 0 Å². The summed E-state index contributed by atoms with van der Waals surface area (Å²) in [6, 6.07) is 0. The van der Waals surface area contributed by atoms with Crippen molar-refractivity contribution in [1.29, 1.82) is 0 Å². The molecule has 0 atom stereocenters. The van der Waals surface area contributed by atoms with Gasteiger partial charge in [-0.1, -0.05) is 4.49 Å². The largest absolute Gasteiger partial charge is 0.374 e. The Morgan fingerprint density at radius 2 is 2.43 bits per heavy atom. The molecule has 0 saturated carbocycles. The molecule has 1 N–H and O–H groups in total. The van der Waals surface area contributed by atoms with E-state index in [2.05, 4.69) is 19.6 Å². The maximum atomic E-state index is 11.6. The zero-order chi connectivity index (χ0) is 10.2. The second-order valence-electron chi connectivity index (χ2n) is 2.54. The molecule has 1 heterocycles. The molecule has 0 aliphatic heterocycles. The minimum Gasteiger partial charge on any atom is -0.374 e. The molecule has 7 heteroatoms. The van der Waals surface area contributed by atoms with Gasteiger partial charge < -0.3 is 10.1 Å². The lowest BCUT2D eigenvalue weighted by atomic mass is 10.5. The number of hydrogen-bond acceptors (Lipinski definition) is 5. The van der Waals surface area contributed by atoms with Crippen LogP contribution in [0, 0.1) is 0 Å². The topological polar surface area (TPSA) is 47.0 Å². The lowest BCUT2D eigenvalue weighted by molar-refractivity contribution is 0.0187. The van der Waals surface area contributed by atoms with Crippen molar-refractivity contribution < 1.29 is 13.5 Å². The third kappa shape index (κ3) is 5.15. The quantitative estimate of drug-likeness (QED) is 0.698. The SMILES string of the molecule is FC(F)COCCNCc1csnn1. The zero-order valence-corrected chi connectivity index (χ0v) is 8.27. The van der Waals surface area contributed by atoms with Crippen LogP contribution in [-0.4, -0.2) is 35.8 Å². The first kappa shape index (κ1) is 11.4. The van der Waals surface area contributed by atoms with Gasteiger partial charge in [0.25, 0.3) is 6.43 Å². The highest BCUT2D eigenvalue weighted by atomic mass is 32.1. The van der Waals surface area contributed by atoms with E-state index in [1.165, 1.54) is 11.5 Å². The van der Waals surface area contributed by atoms with Crippen LogP contribution in [0.2, 0.25) is 0 Å². The lowest BCUT2D eigenvalue weighted by Crippen LogP contribution is -2.20. The number of rotatable bonds is 7. The minimum atomic E-state index is -2.39. The van der Waals surface area contributed by atoms with Gasteiger partial charge in [0.2, 0.25) is 0 Å². The van der Waals surface area contributed by atoms with Gasteiger partial charge in [-0.05, 0) is 11.5 Å². The monoisotopic (exact) mass is 223 g/mol. The number of alkyl halides is 2. The van der Waals surface area contributed by atoms with Crippen LogP contribution in [-0.2, 0) is 11.3 Å². The molecular formula is C7H11F2N3OS. The average Bonchev–Trinajstić information content (AvgIpc) is 2.63. The fraction of sp³-hybridized carbons (Fsp3) is 0.714. The minimum absolute atomic E-state index is 0.280. The van der Waals surface area contributed by atoms with Gasteiger partial charge in [0, 0.05) is 18.5 Å². The van der Waals surface area contributed by atoms with E-state index < -0.39 is 13.0 Å². The van der Waals surface area contributed by atoms with Crippen LogP contribution in [0.15, 0.2) is 5.38 Å². The molecule has 1 aromatic heterocycles. The van der Waals surface area contributed by atoms with E-state index in [0.717, 1.165) is 5.69 Å². The first-order valence-corrected chi connectivity index (χ1v) is 4.95. The number of aromatic nitrogens is 2. The Morgan fingerprint density at radius 1 is 1.57 bits per heavy atom. The van der Waals surface area contributed by atoms with Gasteiger partial charge in [-0.15, -0.1) is 5.10 Å². The Hall–Kier alpha value is -0.660. The Morgan fingerprint density at radius 3 is 3.07 bits per heavy atom. The number of hydrogen-bond donors (Lipinski definition) is 1. The molecule has 80 valence electrons. The van der Waals surface area contributed by atoms with Crippen LogP contribution in [0.4, 0.5) is 8.78 Å². The fourth-order valence-electron chi connectivity index (χ4n) is 0.794. The molecule has 0 spiro atoms. The molecule has 0 saturated heterocycles. The van der Waals surface area contributed by atoms with E-state index in [9.17, 15) is 8.78 Å². The summed E-state index contributed by atoms with van der Waals surface area (Å²) in [4.78, 5) is 0. The molecule has 0 aliphatic rings. The Labute approximate surface area is 84.4 Å². The van der Waals surface area contributed by atoms with Gasteiger partial charge in [-0.25, -0.2) is 8.78 Å². The zero-order valence-electron chi connectivity index (χ0n) is 7.45. The van der Waals surface area contributed by atoms with Gasteiger partial charge in [-0.3, -0.25) is 0 Å². The number of nitrogens with zero attached hydrogens (tertiary/aromatic N) is 2. The smallest absolute Gasteiger partial charge is 0.261 e. The second-order valence-corrected chi connectivity index (χ2v) is 3.15. The molecule has 1 aromatic rings. The molecular weight excluding hydrogens is 212 g/mol. The van der Waals surface area contributed by atoms with Crippen molar-refractivity contribution in [1.82, 2.24) is 14.9 Å². The summed E-state index contributed by atoms with van der Waals surface area (Å²) in [6.07, 6.45) is -2.39. The molecule has 0 bridgehead atoms. The molecule has 0 aliphatic carbocycles. The van der Waals surface area contributed by atoms with Gasteiger partial charge in [0.15, 0.2) is 0 Å². The molecule has 0 fully saturated rings. The van der Waals surface area contributed by atoms with E-state index in [1.807, 2.05) is 5.38 Å². The van der Waals surface area contributed by atoms with Crippen LogP contribution in [0.1, 0.15) is 5.69 Å². The van der Waals surface area contributed by atoms with Gasteiger partial charge >= 0.3 is 0 Å². The van der Waals surface area contributed by atoms with Crippen LogP contribution in [0.3, 0.4) is 0 Å². The highest BCUT2D eigenvalue weighted by Crippen LogP contribution is 1.95. The maximum Gasteiger partial charge on any atom is 0.261 e. The average molecular weight is 223 g/mol. The maximum absolute atomic E-state index is 11.6. The standard InChI is InChI=1S/C7H11F2N3OS/c8-7(9)4-13-2-1-10-3-6-5-14-12-11-6/h5,7,10H,1-4H2. The van der Waals surface area contributed by atoms with Crippen molar-refractivity contribution in [3.8, 4) is 0 Å². The molecule has 0 unspecified atom stereocenters. The van der Waals surface area contributed by atoms with Crippen molar-refractivity contribution >= 4 is 11.5 Å².